The summed E-state index contributed by atoms with van der Waals surface area (Å²) in [6.45, 7) is 0. The smallest absolute Gasteiger partial charge is 0.382 e. The molecule has 0 spiro atoms. The van der Waals surface area contributed by atoms with Crippen LogP contribution in [-0.4, -0.2) is 32.3 Å². The first-order valence-electron chi connectivity index (χ1n) is 9.80. The monoisotopic (exact) mass is 482 g/mol. The molecule has 0 bridgehead atoms. The Balaban J connectivity index is 1.78. The average Bonchev–Trinajstić information content (AvgIpc) is 3.44. The molecule has 4 N–H and O–H groups in total. The summed E-state index contributed by atoms with van der Waals surface area (Å²) in [5, 5.41) is 20.9. The van der Waals surface area contributed by atoms with E-state index in [1.54, 1.807) is 6.07 Å². The maximum absolute atomic E-state index is 14.1. The molecular formula is C22H14F4N8O. The zero-order valence-corrected chi connectivity index (χ0v) is 17.6. The van der Waals surface area contributed by atoms with Gasteiger partial charge in [-0.2, -0.15) is 18.4 Å². The van der Waals surface area contributed by atoms with Crippen molar-refractivity contribution in [2.24, 2.45) is 10.7 Å². The van der Waals surface area contributed by atoms with Gasteiger partial charge in [0, 0.05) is 40.8 Å². The van der Waals surface area contributed by atoms with E-state index in [1.165, 1.54) is 24.3 Å². The van der Waals surface area contributed by atoms with Crippen LogP contribution < -0.4 is 5.73 Å². The van der Waals surface area contributed by atoms with E-state index in [-0.39, 0.29) is 57.4 Å². The maximum Gasteiger partial charge on any atom is 0.451 e. The van der Waals surface area contributed by atoms with Crippen LogP contribution in [0, 0.1) is 22.6 Å². The molecule has 9 nitrogen and oxygen atoms in total. The molecule has 4 aromatic rings. The van der Waals surface area contributed by atoms with Gasteiger partial charge in [0.15, 0.2) is 0 Å². The molecule has 0 aliphatic rings. The molecule has 0 unspecified atom stereocenters. The molecule has 0 aliphatic carbocycles. The van der Waals surface area contributed by atoms with Crippen molar-refractivity contribution >= 4 is 12.2 Å². The first-order valence-corrected chi connectivity index (χ1v) is 9.80. The minimum absolute atomic E-state index is 0.0172. The molecule has 4 rings (SSSR count). The lowest BCUT2D eigenvalue weighted by molar-refractivity contribution is -0.144. The van der Waals surface area contributed by atoms with Gasteiger partial charge in [-0.05, 0) is 12.1 Å². The summed E-state index contributed by atoms with van der Waals surface area (Å²) < 4.78 is 58.0. The number of aromatic amines is 1. The standard InChI is InChI=1S/C22H14F4N8O/c23-15-4-2-1-3-13(15)17-6-12(35-34-17)5-16-14(7-27)18(19(33-16)20(29)32-10-28)11-8-30-21(31-9-11)22(24,25)26/h1-4,6,8-10,33H,5H2,(H3,28,29,32). The average molecular weight is 482 g/mol. The molecule has 176 valence electrons. The van der Waals surface area contributed by atoms with E-state index in [0.717, 1.165) is 12.4 Å². The second-order valence-electron chi connectivity index (χ2n) is 7.11. The predicted octanol–water partition coefficient (Wildman–Crippen LogP) is 4.06. The third kappa shape index (κ3) is 4.62. The Bertz CT molecular complexity index is 1460. The van der Waals surface area contributed by atoms with Crippen molar-refractivity contribution in [1.82, 2.24) is 20.1 Å². The number of benzene rings is 1. The second-order valence-corrected chi connectivity index (χ2v) is 7.11. The highest BCUT2D eigenvalue weighted by molar-refractivity contribution is 6.06. The summed E-state index contributed by atoms with van der Waals surface area (Å²) in [7, 11) is 0. The molecule has 0 amide bonds. The van der Waals surface area contributed by atoms with Crippen LogP contribution in [0.2, 0.25) is 0 Å². The molecule has 3 heterocycles. The van der Waals surface area contributed by atoms with E-state index in [9.17, 15) is 22.8 Å². The van der Waals surface area contributed by atoms with Crippen molar-refractivity contribution in [2.75, 3.05) is 0 Å². The summed E-state index contributed by atoms with van der Waals surface area (Å²) in [6.07, 6.45) is -2.26. The van der Waals surface area contributed by atoms with Crippen molar-refractivity contribution in [2.45, 2.75) is 12.6 Å². The Morgan fingerprint density at radius 3 is 2.60 bits per heavy atom. The third-order valence-corrected chi connectivity index (χ3v) is 4.90. The first-order chi connectivity index (χ1) is 16.7. The molecule has 1 aromatic carbocycles. The number of nitrogens with zero attached hydrogens (tertiary/aromatic N) is 5. The molecule has 0 fully saturated rings. The van der Waals surface area contributed by atoms with Crippen LogP contribution in [0.1, 0.15) is 28.5 Å². The van der Waals surface area contributed by atoms with Gasteiger partial charge >= 0.3 is 6.18 Å². The number of amidine groups is 1. The minimum atomic E-state index is -4.74. The van der Waals surface area contributed by atoms with Crippen molar-refractivity contribution < 1.29 is 22.1 Å². The summed E-state index contributed by atoms with van der Waals surface area (Å²) in [5.74, 6) is -1.76. The Morgan fingerprint density at radius 1 is 1.26 bits per heavy atom. The molecule has 3 aromatic heterocycles. The van der Waals surface area contributed by atoms with Gasteiger partial charge in [-0.25, -0.2) is 19.4 Å². The minimum Gasteiger partial charge on any atom is -0.382 e. The number of nitriles is 1. The van der Waals surface area contributed by atoms with Gasteiger partial charge in [0.1, 0.15) is 35.5 Å². The van der Waals surface area contributed by atoms with E-state index in [0.29, 0.717) is 6.34 Å². The largest absolute Gasteiger partial charge is 0.451 e. The molecule has 13 heteroatoms. The number of rotatable bonds is 6. The van der Waals surface area contributed by atoms with Crippen LogP contribution >= 0.6 is 0 Å². The number of hydrogen-bond acceptors (Lipinski definition) is 6. The Labute approximate surface area is 194 Å². The Morgan fingerprint density at radius 2 is 1.97 bits per heavy atom. The predicted molar refractivity (Wildman–Crippen MR) is 116 cm³/mol. The molecule has 35 heavy (non-hydrogen) atoms. The van der Waals surface area contributed by atoms with E-state index < -0.39 is 17.8 Å². The normalized spacial score (nSPS) is 11.9. The lowest BCUT2D eigenvalue weighted by Crippen LogP contribution is -2.15. The van der Waals surface area contributed by atoms with Crippen molar-refractivity contribution in [3.63, 3.8) is 0 Å². The summed E-state index contributed by atoms with van der Waals surface area (Å²) in [5.41, 5.74) is 6.95. The molecule has 0 saturated heterocycles. The third-order valence-electron chi connectivity index (χ3n) is 4.90. The van der Waals surface area contributed by atoms with Crippen LogP contribution in [0.5, 0.6) is 0 Å². The number of H-pyrrole nitrogens is 1. The Kier molecular flexibility index (Phi) is 6.11. The van der Waals surface area contributed by atoms with Crippen LogP contribution in [-0.2, 0) is 12.6 Å². The fraction of sp³-hybridized carbons (Fsp3) is 0.0909. The first kappa shape index (κ1) is 23.3. The number of alkyl halides is 3. The van der Waals surface area contributed by atoms with E-state index in [1.807, 2.05) is 6.07 Å². The van der Waals surface area contributed by atoms with Gasteiger partial charge in [-0.1, -0.05) is 17.3 Å². The highest BCUT2D eigenvalue weighted by atomic mass is 19.4. The SMILES string of the molecule is N#Cc1c(Cc2cc(-c3ccccc3F)no2)[nH]c(/C(N)=N\C=N)c1-c1cnc(C(F)(F)F)nc1. The van der Waals surface area contributed by atoms with Crippen molar-refractivity contribution in [3.8, 4) is 28.5 Å². The van der Waals surface area contributed by atoms with E-state index in [2.05, 4.69) is 25.1 Å². The van der Waals surface area contributed by atoms with E-state index >= 15 is 0 Å². The van der Waals surface area contributed by atoms with Gasteiger partial charge in [0.25, 0.3) is 0 Å². The topological polar surface area (TPSA) is 154 Å². The van der Waals surface area contributed by atoms with Crippen LogP contribution in [0.4, 0.5) is 17.6 Å². The number of hydrogen-bond donors (Lipinski definition) is 3. The fourth-order valence-electron chi connectivity index (χ4n) is 3.39. The highest BCUT2D eigenvalue weighted by Gasteiger charge is 2.34. The van der Waals surface area contributed by atoms with E-state index in [4.69, 9.17) is 15.7 Å². The lowest BCUT2D eigenvalue weighted by atomic mass is 10.0. The number of aliphatic imine (C=N–C) groups is 1. The Hall–Kier alpha value is -4.86. The van der Waals surface area contributed by atoms with Crippen LogP contribution in [0.3, 0.4) is 0 Å². The lowest BCUT2D eigenvalue weighted by Gasteiger charge is -2.07. The molecule has 0 saturated carbocycles. The van der Waals surface area contributed by atoms with Crippen LogP contribution in [0.15, 0.2) is 52.2 Å². The zero-order valence-electron chi connectivity index (χ0n) is 17.6. The maximum atomic E-state index is 14.1. The molecule has 0 radical (unpaired) electrons. The highest BCUT2D eigenvalue weighted by Crippen LogP contribution is 2.33. The number of nitrogens with one attached hydrogen (secondary N) is 2. The number of halogens is 4. The summed E-state index contributed by atoms with van der Waals surface area (Å²) >= 11 is 0. The number of aromatic nitrogens is 4. The van der Waals surface area contributed by atoms with Gasteiger partial charge in [0.2, 0.25) is 5.82 Å². The van der Waals surface area contributed by atoms with Gasteiger partial charge < -0.3 is 15.2 Å². The molecular weight excluding hydrogens is 468 g/mol. The number of nitrogens with two attached hydrogens (primary N) is 1. The molecule has 0 atom stereocenters. The van der Waals surface area contributed by atoms with Crippen LogP contribution in [0.25, 0.3) is 22.4 Å². The molecule has 0 aliphatic heterocycles. The quantitative estimate of drug-likeness (QED) is 0.214. The van der Waals surface area contributed by atoms with Crippen molar-refractivity contribution in [1.29, 1.82) is 10.7 Å². The zero-order chi connectivity index (χ0) is 25.2. The van der Waals surface area contributed by atoms with Gasteiger partial charge in [-0.15, -0.1) is 0 Å². The van der Waals surface area contributed by atoms with Gasteiger partial charge in [0.05, 0.1) is 17.7 Å². The van der Waals surface area contributed by atoms with Gasteiger partial charge in [-0.3, -0.25) is 5.41 Å². The fourth-order valence-corrected chi connectivity index (χ4v) is 3.39. The summed E-state index contributed by atoms with van der Waals surface area (Å²) in [4.78, 5) is 13.3. The second kappa shape index (κ2) is 9.18. The van der Waals surface area contributed by atoms with Crippen molar-refractivity contribution in [3.05, 3.63) is 77.1 Å². The summed E-state index contributed by atoms with van der Waals surface area (Å²) in [6, 6.07) is 9.47.